The molecule has 1 atom stereocenters. The minimum atomic E-state index is -0.280. The number of ether oxygens (including phenoxy) is 2. The van der Waals surface area contributed by atoms with Gasteiger partial charge in [-0.25, -0.2) is 4.79 Å². The Morgan fingerprint density at radius 2 is 1.93 bits per heavy atom. The first kappa shape index (κ1) is 20.3. The van der Waals surface area contributed by atoms with Crippen molar-refractivity contribution in [1.82, 2.24) is 20.4 Å². The molecule has 0 bridgehead atoms. The van der Waals surface area contributed by atoms with Crippen LogP contribution < -0.4 is 20.1 Å². The second-order valence-corrected chi connectivity index (χ2v) is 6.66. The number of rotatable bonds is 8. The number of aryl methyl sites for hydroxylation is 2. The lowest BCUT2D eigenvalue weighted by atomic mass is 10.2. The van der Waals surface area contributed by atoms with Gasteiger partial charge >= 0.3 is 6.03 Å². The fourth-order valence-corrected chi connectivity index (χ4v) is 3.17. The summed E-state index contributed by atoms with van der Waals surface area (Å²) in [5.41, 5.74) is 2.81. The zero-order valence-corrected chi connectivity index (χ0v) is 17.1. The molecule has 0 saturated heterocycles. The van der Waals surface area contributed by atoms with Crippen molar-refractivity contribution in [2.75, 3.05) is 20.8 Å². The van der Waals surface area contributed by atoms with Gasteiger partial charge in [-0.1, -0.05) is 6.07 Å². The van der Waals surface area contributed by atoms with Gasteiger partial charge in [-0.15, -0.1) is 0 Å². The van der Waals surface area contributed by atoms with Crippen molar-refractivity contribution >= 4 is 6.03 Å². The first-order valence-electron chi connectivity index (χ1n) is 9.30. The summed E-state index contributed by atoms with van der Waals surface area (Å²) in [5, 5.41) is 10.3. The van der Waals surface area contributed by atoms with E-state index in [1.807, 2.05) is 54.9 Å². The number of benzene rings is 1. The molecule has 0 fully saturated rings. The molecule has 0 saturated carbocycles. The van der Waals surface area contributed by atoms with Gasteiger partial charge in [0.15, 0.2) is 11.5 Å². The quantitative estimate of drug-likeness (QED) is 0.608. The van der Waals surface area contributed by atoms with Crippen molar-refractivity contribution in [1.29, 1.82) is 0 Å². The Morgan fingerprint density at radius 3 is 2.55 bits per heavy atom. The Kier molecular flexibility index (Phi) is 6.43. The summed E-state index contributed by atoms with van der Waals surface area (Å²) >= 11 is 0. The number of aromatic nitrogens is 2. The fourth-order valence-electron chi connectivity index (χ4n) is 3.17. The highest BCUT2D eigenvalue weighted by Crippen LogP contribution is 2.27. The maximum atomic E-state index is 12.4. The van der Waals surface area contributed by atoms with Crippen LogP contribution in [0.4, 0.5) is 4.79 Å². The Hall–Kier alpha value is -3.42. The summed E-state index contributed by atoms with van der Waals surface area (Å²) in [7, 11) is 3.16. The molecule has 1 unspecified atom stereocenters. The third-order valence-corrected chi connectivity index (χ3v) is 4.57. The second-order valence-electron chi connectivity index (χ2n) is 6.66. The molecule has 3 rings (SSSR count). The SMILES string of the molecule is COc1ccc(CNC(=O)NCC(c2ccco2)n2nc(C)cc2C)cc1OC. The molecule has 2 heterocycles. The lowest BCUT2D eigenvalue weighted by Crippen LogP contribution is -2.39. The molecular formula is C21H26N4O4. The van der Waals surface area contributed by atoms with Crippen LogP contribution in [-0.2, 0) is 6.54 Å². The van der Waals surface area contributed by atoms with E-state index in [0.29, 0.717) is 24.6 Å². The normalized spacial score (nSPS) is 11.7. The van der Waals surface area contributed by atoms with Crippen molar-refractivity contribution in [3.05, 3.63) is 65.4 Å². The van der Waals surface area contributed by atoms with E-state index in [1.54, 1.807) is 20.5 Å². The molecule has 3 aromatic rings. The lowest BCUT2D eigenvalue weighted by molar-refractivity contribution is 0.238. The number of nitrogens with one attached hydrogen (secondary N) is 2. The van der Waals surface area contributed by atoms with Gasteiger partial charge in [0, 0.05) is 18.8 Å². The molecule has 29 heavy (non-hydrogen) atoms. The van der Waals surface area contributed by atoms with Crippen molar-refractivity contribution in [2.24, 2.45) is 0 Å². The number of amides is 2. The Morgan fingerprint density at radius 1 is 1.14 bits per heavy atom. The number of hydrogen-bond acceptors (Lipinski definition) is 5. The zero-order chi connectivity index (χ0) is 20.8. The fraction of sp³-hybridized carbons (Fsp3) is 0.333. The van der Waals surface area contributed by atoms with E-state index in [0.717, 1.165) is 22.7 Å². The number of nitrogens with zero attached hydrogens (tertiary/aromatic N) is 2. The third kappa shape index (κ3) is 4.90. The Bertz CT molecular complexity index is 950. The number of furan rings is 1. The summed E-state index contributed by atoms with van der Waals surface area (Å²) in [5.74, 6) is 2.00. The molecule has 0 spiro atoms. The van der Waals surface area contributed by atoms with Crippen LogP contribution in [0, 0.1) is 13.8 Å². The largest absolute Gasteiger partial charge is 0.493 e. The molecule has 0 aliphatic rings. The van der Waals surface area contributed by atoms with Gasteiger partial charge in [0.05, 0.1) is 26.2 Å². The Balaban J connectivity index is 1.61. The van der Waals surface area contributed by atoms with E-state index in [-0.39, 0.29) is 12.1 Å². The van der Waals surface area contributed by atoms with E-state index < -0.39 is 0 Å². The summed E-state index contributed by atoms with van der Waals surface area (Å²) in [6, 6.07) is 10.7. The lowest BCUT2D eigenvalue weighted by Gasteiger charge is -2.18. The number of carbonyl (C=O) groups excluding carboxylic acids is 1. The van der Waals surface area contributed by atoms with E-state index in [4.69, 9.17) is 13.9 Å². The number of carbonyl (C=O) groups is 1. The molecule has 0 radical (unpaired) electrons. The second kappa shape index (κ2) is 9.18. The van der Waals surface area contributed by atoms with Crippen LogP contribution in [0.5, 0.6) is 11.5 Å². The standard InChI is InChI=1S/C21H26N4O4/c1-14-10-15(2)25(24-14)17(18-6-5-9-29-18)13-23-21(26)22-12-16-7-8-19(27-3)20(11-16)28-4/h5-11,17H,12-13H2,1-4H3,(H2,22,23,26). The van der Waals surface area contributed by atoms with Gasteiger partial charge in [0.1, 0.15) is 11.8 Å². The average molecular weight is 398 g/mol. The minimum Gasteiger partial charge on any atom is -0.493 e. The molecule has 154 valence electrons. The topological polar surface area (TPSA) is 90.6 Å². The van der Waals surface area contributed by atoms with Gasteiger partial charge in [-0.05, 0) is 49.7 Å². The predicted octanol–water partition coefficient (Wildman–Crippen LogP) is 3.20. The summed E-state index contributed by atoms with van der Waals surface area (Å²) < 4.78 is 18.0. The Labute approximate surface area is 169 Å². The number of urea groups is 1. The van der Waals surface area contributed by atoms with Gasteiger partial charge < -0.3 is 24.5 Å². The number of hydrogen-bond donors (Lipinski definition) is 2. The van der Waals surface area contributed by atoms with Gasteiger partial charge in [-0.3, -0.25) is 4.68 Å². The van der Waals surface area contributed by atoms with Crippen LogP contribution in [0.3, 0.4) is 0 Å². The van der Waals surface area contributed by atoms with Gasteiger partial charge in [-0.2, -0.15) is 5.10 Å². The molecule has 8 nitrogen and oxygen atoms in total. The molecular weight excluding hydrogens is 372 g/mol. The summed E-state index contributed by atoms with van der Waals surface area (Å²) in [4.78, 5) is 12.4. The smallest absolute Gasteiger partial charge is 0.315 e. The molecule has 2 amide bonds. The summed E-state index contributed by atoms with van der Waals surface area (Å²) in [6.45, 7) is 4.61. The zero-order valence-electron chi connectivity index (χ0n) is 17.1. The third-order valence-electron chi connectivity index (χ3n) is 4.57. The molecule has 2 aromatic heterocycles. The van der Waals surface area contributed by atoms with Crippen molar-refractivity contribution in [3.8, 4) is 11.5 Å². The highest BCUT2D eigenvalue weighted by Gasteiger charge is 2.20. The van der Waals surface area contributed by atoms with E-state index in [1.165, 1.54) is 0 Å². The number of methoxy groups -OCH3 is 2. The molecule has 0 aliphatic carbocycles. The maximum absolute atomic E-state index is 12.4. The van der Waals surface area contributed by atoms with Crippen LogP contribution in [0.25, 0.3) is 0 Å². The van der Waals surface area contributed by atoms with E-state index in [2.05, 4.69) is 15.7 Å². The van der Waals surface area contributed by atoms with Crippen LogP contribution >= 0.6 is 0 Å². The van der Waals surface area contributed by atoms with Crippen LogP contribution in [0.1, 0.15) is 28.8 Å². The maximum Gasteiger partial charge on any atom is 0.315 e. The van der Waals surface area contributed by atoms with Gasteiger partial charge in [0.25, 0.3) is 0 Å². The van der Waals surface area contributed by atoms with Crippen molar-refractivity contribution in [3.63, 3.8) is 0 Å². The van der Waals surface area contributed by atoms with Gasteiger partial charge in [0.2, 0.25) is 0 Å². The minimum absolute atomic E-state index is 0.231. The summed E-state index contributed by atoms with van der Waals surface area (Å²) in [6.07, 6.45) is 1.62. The monoisotopic (exact) mass is 398 g/mol. The van der Waals surface area contributed by atoms with Crippen LogP contribution in [-0.4, -0.2) is 36.6 Å². The van der Waals surface area contributed by atoms with Crippen molar-refractivity contribution < 1.29 is 18.7 Å². The first-order valence-corrected chi connectivity index (χ1v) is 9.30. The molecule has 8 heteroatoms. The van der Waals surface area contributed by atoms with Crippen LogP contribution in [0.15, 0.2) is 47.1 Å². The first-order chi connectivity index (χ1) is 14.0. The van der Waals surface area contributed by atoms with E-state index >= 15 is 0 Å². The highest BCUT2D eigenvalue weighted by molar-refractivity contribution is 5.73. The molecule has 1 aromatic carbocycles. The van der Waals surface area contributed by atoms with Crippen molar-refractivity contribution in [2.45, 2.75) is 26.4 Å². The molecule has 0 aliphatic heterocycles. The average Bonchev–Trinajstić information content (AvgIpc) is 3.36. The predicted molar refractivity (Wildman–Crippen MR) is 108 cm³/mol. The molecule has 2 N–H and O–H groups in total. The highest BCUT2D eigenvalue weighted by atomic mass is 16.5. The van der Waals surface area contributed by atoms with E-state index in [9.17, 15) is 4.79 Å². The van der Waals surface area contributed by atoms with Crippen LogP contribution in [0.2, 0.25) is 0 Å².